The molecule has 1 heterocycles. The van der Waals surface area contributed by atoms with Crippen molar-refractivity contribution in [2.45, 2.75) is 76.1 Å². The minimum Gasteiger partial charge on any atom is -0.330 e. The third kappa shape index (κ3) is 5.99. The molecule has 0 aromatic heterocycles. The third-order valence-electron chi connectivity index (χ3n) is 8.32. The van der Waals surface area contributed by atoms with Gasteiger partial charge < -0.3 is 4.90 Å². The fraction of sp³-hybridized carbons (Fsp3) is 0.500. The molecular formula is C30H38Cl2N2O3S. The van der Waals surface area contributed by atoms with Crippen LogP contribution in [0.15, 0.2) is 61.2 Å². The van der Waals surface area contributed by atoms with Crippen molar-refractivity contribution in [2.24, 2.45) is 11.3 Å². The van der Waals surface area contributed by atoms with Gasteiger partial charge in [-0.25, -0.2) is 13.1 Å². The lowest BCUT2D eigenvalue weighted by Crippen LogP contribution is -2.59. The van der Waals surface area contributed by atoms with E-state index in [2.05, 4.69) is 24.3 Å². The molecule has 1 aliphatic carbocycles. The van der Waals surface area contributed by atoms with E-state index >= 15 is 0 Å². The topological polar surface area (TPSA) is 66.5 Å². The number of nitrogens with one attached hydrogen (secondary N) is 1. The zero-order valence-electron chi connectivity index (χ0n) is 22.4. The maximum Gasteiger partial charge on any atom is 0.229 e. The van der Waals surface area contributed by atoms with Crippen molar-refractivity contribution in [2.75, 3.05) is 6.54 Å². The molecule has 1 saturated carbocycles. The molecule has 2 aliphatic rings. The Morgan fingerprint density at radius 2 is 1.79 bits per heavy atom. The second kappa shape index (κ2) is 11.7. The predicted octanol–water partition coefficient (Wildman–Crippen LogP) is 7.13. The van der Waals surface area contributed by atoms with E-state index in [-0.39, 0.29) is 36.4 Å². The van der Waals surface area contributed by atoms with Gasteiger partial charge in [-0.05, 0) is 87.3 Å². The first-order valence-corrected chi connectivity index (χ1v) is 15.8. The number of carbonyl (C=O) groups is 1. The van der Waals surface area contributed by atoms with E-state index in [0.29, 0.717) is 29.3 Å². The number of likely N-dealkylation sites (tertiary alicyclic amines) is 1. The average Bonchev–Trinajstić information content (AvgIpc) is 3.72. The summed E-state index contributed by atoms with van der Waals surface area (Å²) < 4.78 is 28.4. The van der Waals surface area contributed by atoms with Gasteiger partial charge >= 0.3 is 0 Å². The summed E-state index contributed by atoms with van der Waals surface area (Å²) >= 11 is 12.7. The van der Waals surface area contributed by atoms with E-state index in [1.165, 1.54) is 0 Å². The number of carbonyl (C=O) groups excluding carboxylic acids is 1. The molecular weight excluding hydrogens is 539 g/mol. The first-order valence-electron chi connectivity index (χ1n) is 13.5. The highest BCUT2D eigenvalue weighted by Crippen LogP contribution is 2.55. The third-order valence-corrected chi connectivity index (χ3v) is 10.6. The number of allylic oxidation sites excluding steroid dienone is 1. The lowest BCUT2D eigenvalue weighted by Gasteiger charge is -2.53. The number of benzene rings is 2. The van der Waals surface area contributed by atoms with Crippen molar-refractivity contribution in [3.8, 4) is 0 Å². The van der Waals surface area contributed by atoms with Crippen LogP contribution in [0.4, 0.5) is 0 Å². The van der Waals surface area contributed by atoms with Crippen LogP contribution in [0.25, 0.3) is 0 Å². The lowest BCUT2D eigenvalue weighted by molar-refractivity contribution is -0.156. The first-order chi connectivity index (χ1) is 18.0. The summed E-state index contributed by atoms with van der Waals surface area (Å²) in [6.07, 6.45) is 5.63. The molecule has 1 aliphatic heterocycles. The van der Waals surface area contributed by atoms with Crippen LogP contribution in [-0.4, -0.2) is 37.1 Å². The van der Waals surface area contributed by atoms with Gasteiger partial charge in [-0.2, -0.15) is 0 Å². The minimum atomic E-state index is -3.50. The molecule has 4 rings (SSSR count). The summed E-state index contributed by atoms with van der Waals surface area (Å²) in [7, 11) is -3.50. The Morgan fingerprint density at radius 3 is 2.34 bits per heavy atom. The van der Waals surface area contributed by atoms with Gasteiger partial charge in [-0.3, -0.25) is 4.79 Å². The smallest absolute Gasteiger partial charge is 0.229 e. The number of hydrogen-bond donors (Lipinski definition) is 1. The van der Waals surface area contributed by atoms with Crippen molar-refractivity contribution < 1.29 is 13.2 Å². The van der Waals surface area contributed by atoms with E-state index in [9.17, 15) is 13.2 Å². The van der Waals surface area contributed by atoms with Gasteiger partial charge in [0.15, 0.2) is 0 Å². The van der Waals surface area contributed by atoms with Crippen molar-refractivity contribution in [1.82, 2.24) is 9.62 Å². The van der Waals surface area contributed by atoms with Gasteiger partial charge in [0.05, 0.1) is 16.7 Å². The standard InChI is InChI=1S/C30H38Cl2N2O3S/c1-5-16-30(6-2)18-26(23-8-7-9-25(32)17-23)28(22-12-14-24(31)15-13-22)34(29(30)35)27(21-10-11-21)19-33-38(36,37)20(3)4/h5,7-9,12-15,17,20-21,26-28,33H,1,6,10-11,16,18-19H2,2-4H3/t26-,27-,28-,30+/m1/s1. The fourth-order valence-electron chi connectivity index (χ4n) is 5.89. The Labute approximate surface area is 237 Å². The summed E-state index contributed by atoms with van der Waals surface area (Å²) in [4.78, 5) is 16.7. The molecule has 206 valence electrons. The highest BCUT2D eigenvalue weighted by atomic mass is 35.5. The molecule has 38 heavy (non-hydrogen) atoms. The van der Waals surface area contributed by atoms with Crippen LogP contribution in [-0.2, 0) is 14.8 Å². The van der Waals surface area contributed by atoms with E-state index in [1.54, 1.807) is 13.8 Å². The van der Waals surface area contributed by atoms with Crippen molar-refractivity contribution in [1.29, 1.82) is 0 Å². The molecule has 8 heteroatoms. The molecule has 1 N–H and O–H groups in total. The SMILES string of the molecule is C=CC[C@@]1(CC)C[C@H](c2cccc(Cl)c2)[C@@H](c2ccc(Cl)cc2)N([C@H](CNS(=O)(=O)C(C)C)C2CC2)C1=O. The van der Waals surface area contributed by atoms with Gasteiger partial charge in [0, 0.05) is 28.5 Å². The molecule has 1 amide bonds. The Morgan fingerprint density at radius 1 is 1.11 bits per heavy atom. The van der Waals surface area contributed by atoms with Gasteiger partial charge in [-0.15, -0.1) is 6.58 Å². The van der Waals surface area contributed by atoms with E-state index in [4.69, 9.17) is 23.2 Å². The van der Waals surface area contributed by atoms with Crippen LogP contribution in [0, 0.1) is 11.3 Å². The number of halogens is 2. The second-order valence-corrected chi connectivity index (χ2v) is 14.2. The summed E-state index contributed by atoms with van der Waals surface area (Å²) in [5.74, 6) is 0.259. The van der Waals surface area contributed by atoms with Gasteiger partial charge in [0.2, 0.25) is 15.9 Å². The zero-order valence-corrected chi connectivity index (χ0v) is 24.7. The minimum absolute atomic E-state index is 0.0459. The Bertz CT molecular complexity index is 1260. The number of amides is 1. The molecule has 1 saturated heterocycles. The van der Waals surface area contributed by atoms with E-state index in [0.717, 1.165) is 24.0 Å². The maximum atomic E-state index is 14.6. The molecule has 5 nitrogen and oxygen atoms in total. The molecule has 4 atom stereocenters. The largest absolute Gasteiger partial charge is 0.330 e. The predicted molar refractivity (Wildman–Crippen MR) is 156 cm³/mol. The lowest BCUT2D eigenvalue weighted by atomic mass is 9.65. The van der Waals surface area contributed by atoms with Crippen molar-refractivity contribution in [3.63, 3.8) is 0 Å². The zero-order chi connectivity index (χ0) is 27.7. The normalized spacial score (nSPS) is 25.0. The summed E-state index contributed by atoms with van der Waals surface area (Å²) in [5, 5.41) is 0.719. The summed E-state index contributed by atoms with van der Waals surface area (Å²) in [6.45, 7) is 9.57. The highest BCUT2D eigenvalue weighted by molar-refractivity contribution is 7.90. The number of hydrogen-bond acceptors (Lipinski definition) is 3. The molecule has 0 unspecified atom stereocenters. The monoisotopic (exact) mass is 576 g/mol. The van der Waals surface area contributed by atoms with E-state index in [1.807, 2.05) is 53.4 Å². The molecule has 0 bridgehead atoms. The summed E-state index contributed by atoms with van der Waals surface area (Å²) in [6, 6.07) is 15.0. The average molecular weight is 578 g/mol. The van der Waals surface area contributed by atoms with Crippen LogP contribution in [0.1, 0.15) is 76.0 Å². The van der Waals surface area contributed by atoms with E-state index < -0.39 is 20.7 Å². The van der Waals surface area contributed by atoms with Gasteiger partial charge in [0.25, 0.3) is 0 Å². The molecule has 2 fully saturated rings. The number of piperidine rings is 1. The second-order valence-electron chi connectivity index (χ2n) is 11.0. The quantitative estimate of drug-likeness (QED) is 0.289. The van der Waals surface area contributed by atoms with Gasteiger partial charge in [0.1, 0.15) is 0 Å². The Kier molecular flexibility index (Phi) is 8.98. The molecule has 2 aromatic carbocycles. The molecule has 2 aromatic rings. The van der Waals surface area contributed by atoms with Crippen LogP contribution < -0.4 is 4.72 Å². The summed E-state index contributed by atoms with van der Waals surface area (Å²) in [5.41, 5.74) is 1.41. The van der Waals surface area contributed by atoms with Crippen LogP contribution in [0.3, 0.4) is 0 Å². The molecule has 0 radical (unpaired) electrons. The van der Waals surface area contributed by atoms with Crippen LogP contribution in [0.5, 0.6) is 0 Å². The Hall–Kier alpha value is -1.86. The number of sulfonamides is 1. The molecule has 0 spiro atoms. The first kappa shape index (κ1) is 29.1. The fourth-order valence-corrected chi connectivity index (χ4v) is 6.95. The maximum absolute atomic E-state index is 14.6. The number of nitrogens with zero attached hydrogens (tertiary/aromatic N) is 1. The number of rotatable bonds is 11. The highest BCUT2D eigenvalue weighted by Gasteiger charge is 2.54. The Balaban J connectivity index is 1.89. The van der Waals surface area contributed by atoms with Crippen molar-refractivity contribution >= 4 is 39.1 Å². The van der Waals surface area contributed by atoms with Crippen molar-refractivity contribution in [3.05, 3.63) is 82.4 Å². The van der Waals surface area contributed by atoms with Gasteiger partial charge in [-0.1, -0.05) is 60.5 Å². The van der Waals surface area contributed by atoms with Crippen LogP contribution >= 0.6 is 23.2 Å². The van der Waals surface area contributed by atoms with Crippen LogP contribution in [0.2, 0.25) is 10.0 Å².